The first-order chi connectivity index (χ1) is 11.3. The molecule has 0 aliphatic carbocycles. The number of benzene rings is 2. The van der Waals surface area contributed by atoms with Crippen LogP contribution in [-0.2, 0) is 0 Å². The van der Waals surface area contributed by atoms with Gasteiger partial charge < -0.3 is 9.47 Å². The summed E-state index contributed by atoms with van der Waals surface area (Å²) >= 11 is 0. The Balaban J connectivity index is 1.76. The average molecular weight is 304 g/mol. The summed E-state index contributed by atoms with van der Waals surface area (Å²) in [5, 5.41) is 19.5. The van der Waals surface area contributed by atoms with Crippen molar-refractivity contribution >= 4 is 0 Å². The van der Waals surface area contributed by atoms with E-state index in [0.717, 1.165) is 28.2 Å². The van der Waals surface area contributed by atoms with Crippen molar-refractivity contribution in [3.05, 3.63) is 48.2 Å². The Morgan fingerprint density at radius 3 is 2.57 bits per heavy atom. The lowest BCUT2D eigenvalue weighted by Gasteiger charge is -2.19. The van der Waals surface area contributed by atoms with E-state index in [1.165, 1.54) is 0 Å². The number of hydrogen-bond donors (Lipinski definition) is 1. The number of ether oxygens (including phenoxy) is 2. The molecule has 1 aromatic heterocycles. The highest BCUT2D eigenvalue weighted by Gasteiger charge is 2.14. The monoisotopic (exact) mass is 304 g/mol. The first-order valence-electron chi connectivity index (χ1n) is 7.16. The van der Waals surface area contributed by atoms with Crippen molar-refractivity contribution in [1.29, 1.82) is 5.26 Å². The van der Waals surface area contributed by atoms with Crippen LogP contribution in [0.3, 0.4) is 0 Å². The van der Waals surface area contributed by atoms with Gasteiger partial charge >= 0.3 is 0 Å². The van der Waals surface area contributed by atoms with E-state index in [1.807, 2.05) is 48.5 Å². The van der Waals surface area contributed by atoms with Crippen molar-refractivity contribution in [2.75, 3.05) is 13.2 Å². The molecule has 3 aromatic rings. The highest BCUT2D eigenvalue weighted by molar-refractivity contribution is 5.74. The molecule has 0 saturated carbocycles. The predicted molar refractivity (Wildman–Crippen MR) is 83.0 cm³/mol. The molecule has 6 heteroatoms. The Kier molecular flexibility index (Phi) is 3.17. The third-order valence-electron chi connectivity index (χ3n) is 3.67. The summed E-state index contributed by atoms with van der Waals surface area (Å²) in [6, 6.07) is 15.7. The Morgan fingerprint density at radius 2 is 1.70 bits per heavy atom. The van der Waals surface area contributed by atoms with E-state index in [-0.39, 0.29) is 5.69 Å². The van der Waals surface area contributed by atoms with Crippen molar-refractivity contribution in [2.24, 2.45) is 0 Å². The van der Waals surface area contributed by atoms with Crippen LogP contribution < -0.4 is 9.47 Å². The number of nitrogens with one attached hydrogen (secondary N) is 1. The smallest absolute Gasteiger partial charge is 0.190 e. The second-order valence-corrected chi connectivity index (χ2v) is 5.07. The SMILES string of the molecule is N#Cc1n[nH]nc1-c1cccc(-c2ccc3c(c2)OCCO3)c1. The summed E-state index contributed by atoms with van der Waals surface area (Å²) in [5.74, 6) is 1.51. The van der Waals surface area contributed by atoms with Crippen LogP contribution in [0.25, 0.3) is 22.4 Å². The maximum absolute atomic E-state index is 9.08. The molecular weight excluding hydrogens is 292 g/mol. The van der Waals surface area contributed by atoms with Gasteiger partial charge in [-0.15, -0.1) is 5.10 Å². The van der Waals surface area contributed by atoms with Gasteiger partial charge in [0.15, 0.2) is 17.2 Å². The summed E-state index contributed by atoms with van der Waals surface area (Å²) in [4.78, 5) is 0. The molecule has 2 heterocycles. The molecule has 1 N–H and O–H groups in total. The van der Waals surface area contributed by atoms with Gasteiger partial charge in [0, 0.05) is 5.56 Å². The highest BCUT2D eigenvalue weighted by atomic mass is 16.6. The predicted octanol–water partition coefficient (Wildman–Crippen LogP) is 2.78. The van der Waals surface area contributed by atoms with Crippen molar-refractivity contribution in [3.63, 3.8) is 0 Å². The molecule has 1 aliphatic heterocycles. The lowest BCUT2D eigenvalue weighted by atomic mass is 10.0. The minimum Gasteiger partial charge on any atom is -0.486 e. The molecule has 4 rings (SSSR count). The van der Waals surface area contributed by atoms with E-state index >= 15 is 0 Å². The summed E-state index contributed by atoms with van der Waals surface area (Å²) in [5.41, 5.74) is 3.68. The number of hydrogen-bond acceptors (Lipinski definition) is 5. The van der Waals surface area contributed by atoms with Crippen molar-refractivity contribution in [2.45, 2.75) is 0 Å². The second-order valence-electron chi connectivity index (χ2n) is 5.07. The fraction of sp³-hybridized carbons (Fsp3) is 0.118. The minimum absolute atomic E-state index is 0.282. The van der Waals surface area contributed by atoms with E-state index in [1.54, 1.807) is 0 Å². The van der Waals surface area contributed by atoms with Crippen molar-refractivity contribution in [3.8, 4) is 40.0 Å². The zero-order chi connectivity index (χ0) is 15.6. The number of aromatic nitrogens is 3. The topological polar surface area (TPSA) is 83.8 Å². The number of rotatable bonds is 2. The summed E-state index contributed by atoms with van der Waals surface area (Å²) in [7, 11) is 0. The molecule has 0 atom stereocenters. The molecule has 6 nitrogen and oxygen atoms in total. The number of nitrogens with zero attached hydrogens (tertiary/aromatic N) is 3. The quantitative estimate of drug-likeness (QED) is 0.787. The number of nitriles is 1. The minimum atomic E-state index is 0.282. The van der Waals surface area contributed by atoms with Crippen LogP contribution in [0.2, 0.25) is 0 Å². The van der Waals surface area contributed by atoms with Crippen LogP contribution >= 0.6 is 0 Å². The zero-order valence-corrected chi connectivity index (χ0v) is 12.1. The third kappa shape index (κ3) is 2.38. The Hall–Kier alpha value is -3.33. The van der Waals surface area contributed by atoms with Crippen LogP contribution in [-0.4, -0.2) is 28.6 Å². The Morgan fingerprint density at radius 1 is 0.913 bits per heavy atom. The molecule has 0 bridgehead atoms. The molecule has 23 heavy (non-hydrogen) atoms. The van der Waals surface area contributed by atoms with E-state index in [2.05, 4.69) is 15.4 Å². The first kappa shape index (κ1) is 13.3. The fourth-order valence-corrected chi connectivity index (χ4v) is 2.58. The van der Waals surface area contributed by atoms with Gasteiger partial charge in [0.05, 0.1) is 0 Å². The van der Waals surface area contributed by atoms with Crippen LogP contribution in [0.15, 0.2) is 42.5 Å². The van der Waals surface area contributed by atoms with E-state index in [4.69, 9.17) is 14.7 Å². The van der Waals surface area contributed by atoms with Gasteiger partial charge in [0.2, 0.25) is 0 Å². The zero-order valence-electron chi connectivity index (χ0n) is 12.1. The second kappa shape index (κ2) is 5.46. The van der Waals surface area contributed by atoms with Gasteiger partial charge in [0.1, 0.15) is 25.0 Å². The Bertz CT molecular complexity index is 911. The lowest BCUT2D eigenvalue weighted by molar-refractivity contribution is 0.171. The van der Waals surface area contributed by atoms with Crippen LogP contribution in [0.1, 0.15) is 5.69 Å². The first-order valence-corrected chi connectivity index (χ1v) is 7.16. The lowest BCUT2D eigenvalue weighted by Crippen LogP contribution is -2.15. The molecule has 1 aliphatic rings. The Labute approximate surface area is 132 Å². The largest absolute Gasteiger partial charge is 0.486 e. The number of fused-ring (bicyclic) bond motifs is 1. The maximum atomic E-state index is 9.08. The molecule has 0 amide bonds. The van der Waals surface area contributed by atoms with E-state index in [9.17, 15) is 0 Å². The van der Waals surface area contributed by atoms with Crippen molar-refractivity contribution < 1.29 is 9.47 Å². The maximum Gasteiger partial charge on any atom is 0.190 e. The van der Waals surface area contributed by atoms with E-state index < -0.39 is 0 Å². The van der Waals surface area contributed by atoms with Crippen LogP contribution in [0, 0.1) is 11.3 Å². The molecule has 112 valence electrons. The summed E-state index contributed by atoms with van der Waals surface area (Å²) in [6.45, 7) is 1.13. The van der Waals surface area contributed by atoms with E-state index in [0.29, 0.717) is 18.9 Å². The fourth-order valence-electron chi connectivity index (χ4n) is 2.58. The molecule has 0 saturated heterocycles. The molecular formula is C17H12N4O2. The van der Waals surface area contributed by atoms with Gasteiger partial charge in [-0.2, -0.15) is 15.6 Å². The van der Waals surface area contributed by atoms with Crippen LogP contribution in [0.4, 0.5) is 0 Å². The van der Waals surface area contributed by atoms with Gasteiger partial charge in [-0.25, -0.2) is 0 Å². The molecule has 0 spiro atoms. The molecule has 0 radical (unpaired) electrons. The van der Waals surface area contributed by atoms with Gasteiger partial charge in [-0.1, -0.05) is 24.3 Å². The highest BCUT2D eigenvalue weighted by Crippen LogP contribution is 2.35. The summed E-state index contributed by atoms with van der Waals surface area (Å²) < 4.78 is 11.2. The molecule has 0 unspecified atom stereocenters. The average Bonchev–Trinajstić information content (AvgIpc) is 3.10. The standard InChI is InChI=1S/C17H12N4O2/c18-10-14-17(20-21-19-14)13-3-1-2-11(8-13)12-4-5-15-16(9-12)23-7-6-22-15/h1-5,8-9H,6-7H2,(H,19,20,21). The van der Waals surface area contributed by atoms with Gasteiger partial charge in [-0.05, 0) is 29.3 Å². The summed E-state index contributed by atoms with van der Waals surface area (Å²) in [6.07, 6.45) is 0. The van der Waals surface area contributed by atoms with Gasteiger partial charge in [0.25, 0.3) is 0 Å². The number of aromatic amines is 1. The number of H-pyrrole nitrogens is 1. The molecule has 0 fully saturated rings. The van der Waals surface area contributed by atoms with Crippen molar-refractivity contribution in [1.82, 2.24) is 15.4 Å². The molecule has 2 aromatic carbocycles. The van der Waals surface area contributed by atoms with Crippen LogP contribution in [0.5, 0.6) is 11.5 Å². The third-order valence-corrected chi connectivity index (χ3v) is 3.67. The normalized spacial score (nSPS) is 12.7. The van der Waals surface area contributed by atoms with Gasteiger partial charge in [-0.3, -0.25) is 0 Å².